The van der Waals surface area contributed by atoms with Crippen LogP contribution in [0.4, 0.5) is 5.82 Å². The zero-order chi connectivity index (χ0) is 16.1. The molecule has 23 heavy (non-hydrogen) atoms. The molecule has 0 bridgehead atoms. The summed E-state index contributed by atoms with van der Waals surface area (Å²) in [6, 6.07) is 6.24. The van der Waals surface area contributed by atoms with Crippen LogP contribution in [0.5, 0.6) is 0 Å². The predicted molar refractivity (Wildman–Crippen MR) is 85.7 cm³/mol. The summed E-state index contributed by atoms with van der Waals surface area (Å²) in [6.45, 7) is 2.64. The van der Waals surface area contributed by atoms with Gasteiger partial charge in [-0.05, 0) is 25.5 Å². The number of rotatable bonds is 7. The first kappa shape index (κ1) is 15.0. The molecule has 118 valence electrons. The highest BCUT2D eigenvalue weighted by Crippen LogP contribution is 2.20. The molecule has 0 saturated heterocycles. The number of nitriles is 1. The van der Waals surface area contributed by atoms with Crippen molar-refractivity contribution in [2.45, 2.75) is 38.8 Å². The van der Waals surface area contributed by atoms with Gasteiger partial charge in [-0.1, -0.05) is 0 Å². The lowest BCUT2D eigenvalue weighted by atomic mass is 10.1. The van der Waals surface area contributed by atoms with Crippen LogP contribution in [0.1, 0.15) is 25.5 Å². The molecule has 1 N–H and O–H groups in total. The minimum atomic E-state index is 0.237. The van der Waals surface area contributed by atoms with Gasteiger partial charge in [-0.25, -0.2) is 14.6 Å². The molecule has 3 aromatic heterocycles. The van der Waals surface area contributed by atoms with Crippen molar-refractivity contribution in [1.29, 1.82) is 5.26 Å². The molecule has 0 radical (unpaired) electrons. The second kappa shape index (κ2) is 6.92. The molecule has 7 heteroatoms. The summed E-state index contributed by atoms with van der Waals surface area (Å²) in [4.78, 5) is 8.60. The van der Waals surface area contributed by atoms with E-state index in [1.165, 1.54) is 6.33 Å². The quantitative estimate of drug-likeness (QED) is 0.721. The van der Waals surface area contributed by atoms with Crippen LogP contribution in [0.25, 0.3) is 11.0 Å². The third-order valence-corrected chi connectivity index (χ3v) is 3.66. The molecule has 0 fully saturated rings. The third kappa shape index (κ3) is 3.48. The maximum absolute atomic E-state index is 8.70. The number of hydrogen-bond acceptors (Lipinski definition) is 6. The van der Waals surface area contributed by atoms with Crippen LogP contribution < -0.4 is 5.32 Å². The van der Waals surface area contributed by atoms with E-state index in [9.17, 15) is 0 Å². The van der Waals surface area contributed by atoms with Crippen molar-refractivity contribution in [1.82, 2.24) is 19.7 Å². The molecular formula is C16H18N6O. The van der Waals surface area contributed by atoms with Gasteiger partial charge < -0.3 is 9.73 Å². The molecule has 0 spiro atoms. The van der Waals surface area contributed by atoms with Gasteiger partial charge in [0, 0.05) is 12.5 Å². The Morgan fingerprint density at radius 2 is 2.35 bits per heavy atom. The summed E-state index contributed by atoms with van der Waals surface area (Å²) in [7, 11) is 0. The van der Waals surface area contributed by atoms with E-state index in [0.29, 0.717) is 13.0 Å². The molecule has 3 aromatic rings. The Kier molecular flexibility index (Phi) is 4.52. The molecule has 7 nitrogen and oxygen atoms in total. The number of aryl methyl sites for hydroxylation is 2. The summed E-state index contributed by atoms with van der Waals surface area (Å²) in [5.74, 6) is 1.75. The molecule has 0 aromatic carbocycles. The van der Waals surface area contributed by atoms with Gasteiger partial charge in [0.05, 0.1) is 36.9 Å². The zero-order valence-electron chi connectivity index (χ0n) is 12.9. The monoisotopic (exact) mass is 310 g/mol. The maximum atomic E-state index is 8.70. The fourth-order valence-corrected chi connectivity index (χ4v) is 2.45. The van der Waals surface area contributed by atoms with E-state index < -0.39 is 0 Å². The average molecular weight is 310 g/mol. The molecule has 0 aliphatic rings. The number of aromatic nitrogens is 4. The van der Waals surface area contributed by atoms with Crippen molar-refractivity contribution in [3.8, 4) is 6.07 Å². The Hall–Kier alpha value is -2.88. The first-order chi connectivity index (χ1) is 11.3. The first-order valence-corrected chi connectivity index (χ1v) is 7.60. The van der Waals surface area contributed by atoms with Crippen LogP contribution in [-0.4, -0.2) is 25.8 Å². The Morgan fingerprint density at radius 3 is 3.13 bits per heavy atom. The van der Waals surface area contributed by atoms with E-state index in [2.05, 4.69) is 33.4 Å². The van der Waals surface area contributed by atoms with Crippen molar-refractivity contribution in [3.05, 3.63) is 36.7 Å². The smallest absolute Gasteiger partial charge is 0.163 e. The highest BCUT2D eigenvalue weighted by molar-refractivity contribution is 5.86. The van der Waals surface area contributed by atoms with Crippen LogP contribution in [-0.2, 0) is 13.0 Å². The van der Waals surface area contributed by atoms with Gasteiger partial charge in [-0.2, -0.15) is 10.4 Å². The Bertz CT molecular complexity index is 802. The summed E-state index contributed by atoms with van der Waals surface area (Å²) in [6.07, 6.45) is 7.17. The number of nitrogens with one attached hydrogen (secondary N) is 1. The third-order valence-electron chi connectivity index (χ3n) is 3.66. The van der Waals surface area contributed by atoms with E-state index in [1.807, 2.05) is 12.1 Å². The largest absolute Gasteiger partial charge is 0.469 e. The standard InChI is InChI=1S/C16H18N6O/c1-12(5-6-13-4-2-9-23-13)21-15-14-10-20-22(8-3-7-17)16(14)19-11-18-15/h2,4,9-12H,3,5-6,8H2,1H3,(H,18,19,21)/t12-/m0/s1. The second-order valence-electron chi connectivity index (χ2n) is 5.40. The lowest BCUT2D eigenvalue weighted by Crippen LogP contribution is -2.17. The lowest BCUT2D eigenvalue weighted by molar-refractivity contribution is 0.495. The molecule has 3 rings (SSSR count). The second-order valence-corrected chi connectivity index (χ2v) is 5.40. The van der Waals surface area contributed by atoms with Gasteiger partial charge in [0.2, 0.25) is 0 Å². The molecule has 0 unspecified atom stereocenters. The number of furan rings is 1. The van der Waals surface area contributed by atoms with Crippen LogP contribution in [0, 0.1) is 11.3 Å². The Morgan fingerprint density at radius 1 is 1.43 bits per heavy atom. The highest BCUT2D eigenvalue weighted by Gasteiger charge is 2.12. The van der Waals surface area contributed by atoms with E-state index in [0.717, 1.165) is 35.5 Å². The SMILES string of the molecule is C[C@@H](CCc1ccco1)Nc1ncnc2c1cnn2CCC#N. The first-order valence-electron chi connectivity index (χ1n) is 7.60. The van der Waals surface area contributed by atoms with E-state index in [1.54, 1.807) is 17.1 Å². The molecule has 3 heterocycles. The number of nitrogens with zero attached hydrogens (tertiary/aromatic N) is 5. The normalized spacial score (nSPS) is 12.2. The summed E-state index contributed by atoms with van der Waals surface area (Å²) in [5, 5.41) is 17.3. The average Bonchev–Trinajstić information content (AvgIpc) is 3.21. The molecule has 0 aliphatic carbocycles. The van der Waals surface area contributed by atoms with E-state index >= 15 is 0 Å². The maximum Gasteiger partial charge on any atom is 0.163 e. The highest BCUT2D eigenvalue weighted by atomic mass is 16.3. The van der Waals surface area contributed by atoms with Crippen LogP contribution in [0.3, 0.4) is 0 Å². The van der Waals surface area contributed by atoms with E-state index in [4.69, 9.17) is 9.68 Å². The number of hydrogen-bond donors (Lipinski definition) is 1. The fourth-order valence-electron chi connectivity index (χ4n) is 2.45. The van der Waals surface area contributed by atoms with Crippen LogP contribution >= 0.6 is 0 Å². The molecule has 0 aliphatic heterocycles. The minimum Gasteiger partial charge on any atom is -0.469 e. The summed E-state index contributed by atoms with van der Waals surface area (Å²) < 4.78 is 7.09. The molecular weight excluding hydrogens is 292 g/mol. The van der Waals surface area contributed by atoms with Crippen molar-refractivity contribution < 1.29 is 4.42 Å². The zero-order valence-corrected chi connectivity index (χ0v) is 12.9. The minimum absolute atomic E-state index is 0.237. The topological polar surface area (TPSA) is 92.6 Å². The van der Waals surface area contributed by atoms with Crippen molar-refractivity contribution in [2.24, 2.45) is 0 Å². The van der Waals surface area contributed by atoms with Crippen molar-refractivity contribution >= 4 is 16.9 Å². The van der Waals surface area contributed by atoms with Crippen LogP contribution in [0.2, 0.25) is 0 Å². The molecule has 0 saturated carbocycles. The molecule has 0 amide bonds. The summed E-state index contributed by atoms with van der Waals surface area (Å²) >= 11 is 0. The fraction of sp³-hybridized carbons (Fsp3) is 0.375. The number of anilines is 1. The Labute approximate surface area is 134 Å². The van der Waals surface area contributed by atoms with Gasteiger partial charge in [0.15, 0.2) is 5.65 Å². The van der Waals surface area contributed by atoms with Gasteiger partial charge in [0.25, 0.3) is 0 Å². The number of fused-ring (bicyclic) bond motifs is 1. The van der Waals surface area contributed by atoms with Crippen molar-refractivity contribution in [2.75, 3.05) is 5.32 Å². The van der Waals surface area contributed by atoms with Gasteiger partial charge in [-0.15, -0.1) is 0 Å². The van der Waals surface area contributed by atoms with Crippen molar-refractivity contribution in [3.63, 3.8) is 0 Å². The van der Waals surface area contributed by atoms with Gasteiger partial charge >= 0.3 is 0 Å². The summed E-state index contributed by atoms with van der Waals surface area (Å²) in [5.41, 5.74) is 0.746. The van der Waals surface area contributed by atoms with Crippen LogP contribution in [0.15, 0.2) is 35.3 Å². The lowest BCUT2D eigenvalue weighted by Gasteiger charge is -2.14. The van der Waals surface area contributed by atoms with Gasteiger partial charge in [0.1, 0.15) is 17.9 Å². The predicted octanol–water partition coefficient (Wildman–Crippen LogP) is 2.77. The molecule has 1 atom stereocenters. The van der Waals surface area contributed by atoms with E-state index in [-0.39, 0.29) is 6.04 Å². The Balaban J connectivity index is 1.70. The van der Waals surface area contributed by atoms with Gasteiger partial charge in [-0.3, -0.25) is 0 Å².